The zero-order valence-electron chi connectivity index (χ0n) is 8.92. The second-order valence-electron chi connectivity index (χ2n) is 3.40. The number of sulfonamides is 1. The highest BCUT2D eigenvalue weighted by Gasteiger charge is 2.23. The lowest BCUT2D eigenvalue weighted by Gasteiger charge is -2.16. The van der Waals surface area contributed by atoms with Gasteiger partial charge in [-0.1, -0.05) is 22.9 Å². The van der Waals surface area contributed by atoms with Crippen LogP contribution in [0.2, 0.25) is 4.47 Å². The summed E-state index contributed by atoms with van der Waals surface area (Å²) in [5, 5.41) is 9.09. The van der Waals surface area contributed by atoms with E-state index in [9.17, 15) is 8.42 Å². The van der Waals surface area contributed by atoms with E-state index in [2.05, 4.69) is 4.98 Å². The zero-order chi connectivity index (χ0) is 12.3. The Labute approximate surface area is 104 Å². The molecular formula is C8H13ClN2O3S2. The van der Waals surface area contributed by atoms with Gasteiger partial charge in [-0.3, -0.25) is 0 Å². The largest absolute Gasteiger partial charge is 0.393 e. The second-order valence-corrected chi connectivity index (χ2v) is 7.28. The van der Waals surface area contributed by atoms with E-state index in [1.54, 1.807) is 6.92 Å². The molecule has 1 heterocycles. The first-order valence-electron chi connectivity index (χ1n) is 4.59. The monoisotopic (exact) mass is 284 g/mol. The van der Waals surface area contributed by atoms with E-state index in [1.165, 1.54) is 17.5 Å². The van der Waals surface area contributed by atoms with Gasteiger partial charge < -0.3 is 5.11 Å². The van der Waals surface area contributed by atoms with Gasteiger partial charge in [0.15, 0.2) is 8.68 Å². The normalized spacial score (nSPS) is 14.3. The summed E-state index contributed by atoms with van der Waals surface area (Å²) in [5.41, 5.74) is 0. The Hall–Kier alpha value is -0.210. The predicted molar refractivity (Wildman–Crippen MR) is 63.2 cm³/mol. The second kappa shape index (κ2) is 5.42. The number of aliphatic hydroxyl groups is 1. The number of rotatable bonds is 5. The summed E-state index contributed by atoms with van der Waals surface area (Å²) in [6, 6.07) is 0. The smallest absolute Gasteiger partial charge is 0.253 e. The minimum atomic E-state index is -3.52. The van der Waals surface area contributed by atoms with Gasteiger partial charge in [-0.25, -0.2) is 17.7 Å². The Morgan fingerprint density at radius 1 is 1.69 bits per heavy atom. The molecule has 0 amide bonds. The van der Waals surface area contributed by atoms with Crippen molar-refractivity contribution in [3.05, 3.63) is 10.7 Å². The Morgan fingerprint density at radius 2 is 2.31 bits per heavy atom. The third kappa shape index (κ3) is 3.39. The van der Waals surface area contributed by atoms with Gasteiger partial charge in [-0.05, 0) is 13.3 Å². The highest BCUT2D eigenvalue weighted by atomic mass is 35.5. The molecule has 0 aliphatic carbocycles. The van der Waals surface area contributed by atoms with E-state index < -0.39 is 16.1 Å². The molecule has 0 spiro atoms. The molecule has 0 saturated heterocycles. The molecule has 1 aromatic rings. The first-order chi connectivity index (χ1) is 7.34. The van der Waals surface area contributed by atoms with E-state index in [-0.39, 0.29) is 15.2 Å². The minimum absolute atomic E-state index is 0.116. The van der Waals surface area contributed by atoms with Crippen LogP contribution in [0.15, 0.2) is 10.4 Å². The molecule has 1 N–H and O–H groups in total. The summed E-state index contributed by atoms with van der Waals surface area (Å²) in [7, 11) is -2.06. The molecule has 1 atom stereocenters. The fourth-order valence-corrected chi connectivity index (χ4v) is 3.69. The number of thiazole rings is 1. The van der Waals surface area contributed by atoms with Gasteiger partial charge in [0.05, 0.1) is 12.3 Å². The van der Waals surface area contributed by atoms with Gasteiger partial charge in [-0.2, -0.15) is 0 Å². The highest BCUT2D eigenvalue weighted by molar-refractivity contribution is 7.91. The van der Waals surface area contributed by atoms with Gasteiger partial charge in [0.1, 0.15) is 0 Å². The summed E-state index contributed by atoms with van der Waals surface area (Å²) in [4.78, 5) is 3.69. The molecule has 5 nitrogen and oxygen atoms in total. The molecule has 0 aliphatic heterocycles. The van der Waals surface area contributed by atoms with Crippen LogP contribution in [0.4, 0.5) is 0 Å². The van der Waals surface area contributed by atoms with Crippen LogP contribution in [0.1, 0.15) is 13.3 Å². The number of aromatic nitrogens is 1. The molecule has 0 fully saturated rings. The first-order valence-corrected chi connectivity index (χ1v) is 7.23. The number of halogens is 1. The molecule has 8 heteroatoms. The third-order valence-electron chi connectivity index (χ3n) is 1.98. The quantitative estimate of drug-likeness (QED) is 0.882. The Kier molecular flexibility index (Phi) is 4.69. The van der Waals surface area contributed by atoms with Crippen molar-refractivity contribution in [2.75, 3.05) is 13.6 Å². The van der Waals surface area contributed by atoms with E-state index >= 15 is 0 Å². The summed E-state index contributed by atoms with van der Waals surface area (Å²) in [5.74, 6) is 0. The molecule has 1 unspecified atom stereocenters. The van der Waals surface area contributed by atoms with Crippen LogP contribution in [-0.2, 0) is 10.0 Å². The molecule has 92 valence electrons. The fourth-order valence-electron chi connectivity index (χ4n) is 1.00. The predicted octanol–water partition coefficient (Wildman–Crippen LogP) is 1.19. The Bertz CT molecular complexity index is 444. The minimum Gasteiger partial charge on any atom is -0.393 e. The highest BCUT2D eigenvalue weighted by Crippen LogP contribution is 2.24. The van der Waals surface area contributed by atoms with Gasteiger partial charge >= 0.3 is 0 Å². The summed E-state index contributed by atoms with van der Waals surface area (Å²) < 4.78 is 25.3. The van der Waals surface area contributed by atoms with Crippen LogP contribution < -0.4 is 0 Å². The fraction of sp³-hybridized carbons (Fsp3) is 0.625. The maximum absolute atomic E-state index is 11.9. The lowest BCUT2D eigenvalue weighted by Crippen LogP contribution is -2.29. The van der Waals surface area contributed by atoms with Crippen molar-refractivity contribution in [2.24, 2.45) is 0 Å². The van der Waals surface area contributed by atoms with E-state index in [1.807, 2.05) is 0 Å². The van der Waals surface area contributed by atoms with Crippen LogP contribution in [0.25, 0.3) is 0 Å². The number of hydrogen-bond acceptors (Lipinski definition) is 5. The molecule has 0 aromatic carbocycles. The molecule has 0 aliphatic rings. The van der Waals surface area contributed by atoms with Crippen molar-refractivity contribution in [1.29, 1.82) is 0 Å². The molecule has 0 saturated carbocycles. The van der Waals surface area contributed by atoms with E-state index in [0.29, 0.717) is 6.42 Å². The van der Waals surface area contributed by atoms with Crippen LogP contribution in [0.5, 0.6) is 0 Å². The van der Waals surface area contributed by atoms with Crippen molar-refractivity contribution in [3.63, 3.8) is 0 Å². The maximum atomic E-state index is 11.9. The van der Waals surface area contributed by atoms with Crippen LogP contribution in [0, 0.1) is 0 Å². The van der Waals surface area contributed by atoms with Crippen molar-refractivity contribution in [1.82, 2.24) is 9.29 Å². The average Bonchev–Trinajstić information content (AvgIpc) is 2.61. The molecule has 0 bridgehead atoms. The van der Waals surface area contributed by atoms with Gasteiger partial charge in [0, 0.05) is 13.6 Å². The van der Waals surface area contributed by atoms with Gasteiger partial charge in [0.2, 0.25) is 0 Å². The van der Waals surface area contributed by atoms with Crippen molar-refractivity contribution in [2.45, 2.75) is 23.7 Å². The molecule has 0 radical (unpaired) electrons. The molecule has 16 heavy (non-hydrogen) atoms. The molecule has 1 rings (SSSR count). The van der Waals surface area contributed by atoms with Gasteiger partial charge in [-0.15, -0.1) is 0 Å². The number of nitrogens with zero attached hydrogens (tertiary/aromatic N) is 2. The summed E-state index contributed by atoms with van der Waals surface area (Å²) >= 11 is 6.50. The van der Waals surface area contributed by atoms with E-state index in [4.69, 9.17) is 16.7 Å². The maximum Gasteiger partial charge on any atom is 0.253 e. The lowest BCUT2D eigenvalue weighted by atomic mass is 10.3. The molecular weight excluding hydrogens is 272 g/mol. The number of aliphatic hydroxyl groups excluding tert-OH is 1. The summed E-state index contributed by atoms with van der Waals surface area (Å²) in [6.45, 7) is 1.87. The Morgan fingerprint density at radius 3 is 2.75 bits per heavy atom. The zero-order valence-corrected chi connectivity index (χ0v) is 11.3. The SMILES string of the molecule is CC(O)CCN(C)S(=O)(=O)c1cnc(Cl)s1. The van der Waals surface area contributed by atoms with Gasteiger partial charge in [0.25, 0.3) is 10.0 Å². The third-order valence-corrected chi connectivity index (χ3v) is 5.39. The average molecular weight is 285 g/mol. The number of hydrogen-bond donors (Lipinski definition) is 1. The van der Waals surface area contributed by atoms with Crippen LogP contribution >= 0.6 is 22.9 Å². The van der Waals surface area contributed by atoms with Crippen LogP contribution in [-0.4, -0.2) is 42.5 Å². The van der Waals surface area contributed by atoms with Crippen LogP contribution in [0.3, 0.4) is 0 Å². The van der Waals surface area contributed by atoms with Crippen molar-refractivity contribution >= 4 is 33.0 Å². The summed E-state index contributed by atoms with van der Waals surface area (Å²) in [6.07, 6.45) is 1.10. The molecule has 1 aromatic heterocycles. The Balaban J connectivity index is 2.78. The first kappa shape index (κ1) is 13.9. The van der Waals surface area contributed by atoms with Crippen molar-refractivity contribution in [3.8, 4) is 0 Å². The lowest BCUT2D eigenvalue weighted by molar-refractivity contribution is 0.177. The van der Waals surface area contributed by atoms with E-state index in [0.717, 1.165) is 11.3 Å². The standard InChI is InChI=1S/C8H13ClN2O3S2/c1-6(12)3-4-11(2)16(13,14)7-5-10-8(9)15-7/h5-6,12H,3-4H2,1-2H3. The topological polar surface area (TPSA) is 70.5 Å². The van der Waals surface area contributed by atoms with Crippen molar-refractivity contribution < 1.29 is 13.5 Å².